The second kappa shape index (κ2) is 3.61. The van der Waals surface area contributed by atoms with E-state index in [-0.39, 0.29) is 11.2 Å². The van der Waals surface area contributed by atoms with E-state index >= 15 is 0 Å². The van der Waals surface area contributed by atoms with Gasteiger partial charge < -0.3 is 10.8 Å². The smallest absolute Gasteiger partial charge is 0.145 e. The lowest BCUT2D eigenvalue weighted by Crippen LogP contribution is -2.12. The summed E-state index contributed by atoms with van der Waals surface area (Å²) in [5.74, 6) is 0.135. The van der Waals surface area contributed by atoms with Crippen molar-refractivity contribution in [1.29, 1.82) is 0 Å². The van der Waals surface area contributed by atoms with Gasteiger partial charge in [0.1, 0.15) is 5.75 Å². The Balaban J connectivity index is 3.43. The highest BCUT2D eigenvalue weighted by molar-refractivity contribution is 5.74. The van der Waals surface area contributed by atoms with Crippen molar-refractivity contribution < 1.29 is 5.11 Å². The van der Waals surface area contributed by atoms with Crippen LogP contribution in [0.2, 0.25) is 0 Å². The molecule has 0 aliphatic rings. The van der Waals surface area contributed by atoms with Crippen molar-refractivity contribution in [3.63, 3.8) is 0 Å². The molecule has 2 nitrogen and oxygen atoms in total. The minimum atomic E-state index is 0.0199. The third-order valence-corrected chi connectivity index (χ3v) is 2.47. The first-order valence-corrected chi connectivity index (χ1v) is 5.02. The van der Waals surface area contributed by atoms with Gasteiger partial charge in [-0.25, -0.2) is 0 Å². The Morgan fingerprint density at radius 2 is 1.87 bits per heavy atom. The van der Waals surface area contributed by atoms with E-state index in [1.165, 1.54) is 0 Å². The molecule has 0 spiro atoms. The third-order valence-electron chi connectivity index (χ3n) is 2.47. The number of benzene rings is 1. The molecule has 0 bridgehead atoms. The van der Waals surface area contributed by atoms with Gasteiger partial charge in [-0.1, -0.05) is 27.4 Å². The average Bonchev–Trinajstić information content (AvgIpc) is 2.06. The van der Waals surface area contributed by atoms with Gasteiger partial charge in [0.05, 0.1) is 5.69 Å². The van der Waals surface area contributed by atoms with Gasteiger partial charge in [0.2, 0.25) is 0 Å². The lowest BCUT2D eigenvalue weighted by Gasteiger charge is -2.21. The molecule has 0 aliphatic heterocycles. The zero-order valence-electron chi connectivity index (χ0n) is 9.89. The van der Waals surface area contributed by atoms with Crippen LogP contribution in [0.15, 0.2) is 18.7 Å². The number of phenolic OH excluding ortho intramolecular Hbond substituents is 1. The van der Waals surface area contributed by atoms with E-state index in [1.807, 2.05) is 19.1 Å². The van der Waals surface area contributed by atoms with Crippen LogP contribution in [0.5, 0.6) is 5.75 Å². The Hall–Kier alpha value is -1.44. The van der Waals surface area contributed by atoms with E-state index in [0.717, 1.165) is 16.7 Å². The van der Waals surface area contributed by atoms with Gasteiger partial charge in [-0.05, 0) is 35.6 Å². The van der Waals surface area contributed by atoms with Gasteiger partial charge in [-0.3, -0.25) is 0 Å². The molecule has 0 saturated carbocycles. The summed E-state index contributed by atoms with van der Waals surface area (Å²) in [6, 6.07) is 3.77. The number of allylic oxidation sites excluding steroid dienone is 1. The predicted molar refractivity (Wildman–Crippen MR) is 65.9 cm³/mol. The molecule has 1 rings (SSSR count). The SMILES string of the molecule is C=C(C)c1cc(C(C)(C)C)cc(N)c1O. The maximum atomic E-state index is 9.77. The summed E-state index contributed by atoms with van der Waals surface area (Å²) in [7, 11) is 0. The minimum Gasteiger partial charge on any atom is -0.505 e. The Morgan fingerprint density at radius 3 is 2.27 bits per heavy atom. The molecule has 0 aromatic heterocycles. The number of anilines is 1. The zero-order valence-corrected chi connectivity index (χ0v) is 9.89. The summed E-state index contributed by atoms with van der Waals surface area (Å²) >= 11 is 0. The molecular formula is C13H19NO. The molecular weight excluding hydrogens is 186 g/mol. The largest absolute Gasteiger partial charge is 0.505 e. The maximum absolute atomic E-state index is 9.77. The van der Waals surface area contributed by atoms with Crippen LogP contribution in [-0.2, 0) is 5.41 Å². The predicted octanol–water partition coefficient (Wildman–Crippen LogP) is 3.31. The van der Waals surface area contributed by atoms with Crippen LogP contribution in [0.1, 0.15) is 38.8 Å². The van der Waals surface area contributed by atoms with E-state index in [0.29, 0.717) is 5.69 Å². The van der Waals surface area contributed by atoms with Crippen LogP contribution in [0.3, 0.4) is 0 Å². The number of hydrogen-bond donors (Lipinski definition) is 2. The van der Waals surface area contributed by atoms with Gasteiger partial charge in [0.15, 0.2) is 0 Å². The van der Waals surface area contributed by atoms with Gasteiger partial charge in [-0.2, -0.15) is 0 Å². The van der Waals surface area contributed by atoms with Crippen LogP contribution in [0.25, 0.3) is 5.57 Å². The lowest BCUT2D eigenvalue weighted by atomic mass is 9.85. The number of phenols is 1. The number of hydrogen-bond acceptors (Lipinski definition) is 2. The summed E-state index contributed by atoms with van der Waals surface area (Å²) in [5.41, 5.74) is 8.87. The van der Waals surface area contributed by atoms with Crippen molar-refractivity contribution in [3.8, 4) is 5.75 Å². The Kier molecular flexibility index (Phi) is 2.80. The molecule has 1 aromatic carbocycles. The van der Waals surface area contributed by atoms with Crippen molar-refractivity contribution in [1.82, 2.24) is 0 Å². The van der Waals surface area contributed by atoms with E-state index in [9.17, 15) is 5.11 Å². The quantitative estimate of drug-likeness (QED) is 0.546. The lowest BCUT2D eigenvalue weighted by molar-refractivity contribution is 0.475. The number of rotatable bonds is 1. The molecule has 3 N–H and O–H groups in total. The molecule has 0 atom stereocenters. The molecule has 0 fully saturated rings. The van der Waals surface area contributed by atoms with E-state index in [4.69, 9.17) is 5.73 Å². The van der Waals surface area contributed by atoms with Gasteiger partial charge in [-0.15, -0.1) is 0 Å². The van der Waals surface area contributed by atoms with Crippen LogP contribution in [0.4, 0.5) is 5.69 Å². The highest BCUT2D eigenvalue weighted by atomic mass is 16.3. The van der Waals surface area contributed by atoms with Crippen LogP contribution >= 0.6 is 0 Å². The van der Waals surface area contributed by atoms with Crippen LogP contribution in [-0.4, -0.2) is 5.11 Å². The molecule has 82 valence electrons. The third kappa shape index (κ3) is 2.32. The van der Waals surface area contributed by atoms with Crippen molar-refractivity contribution >= 4 is 11.3 Å². The Morgan fingerprint density at radius 1 is 1.33 bits per heavy atom. The molecule has 0 amide bonds. The summed E-state index contributed by atoms with van der Waals surface area (Å²) < 4.78 is 0. The monoisotopic (exact) mass is 205 g/mol. The fourth-order valence-corrected chi connectivity index (χ4v) is 1.42. The van der Waals surface area contributed by atoms with Crippen molar-refractivity contribution in [3.05, 3.63) is 29.8 Å². The van der Waals surface area contributed by atoms with Crippen LogP contribution < -0.4 is 5.73 Å². The maximum Gasteiger partial charge on any atom is 0.145 e. The molecule has 2 heteroatoms. The standard InChI is InChI=1S/C13H19NO/c1-8(2)10-6-9(13(3,4)5)7-11(14)12(10)15/h6-7,15H,1,14H2,2-5H3. The molecule has 1 aromatic rings. The first-order valence-electron chi connectivity index (χ1n) is 5.02. The minimum absolute atomic E-state index is 0.0199. The fraction of sp³-hybridized carbons (Fsp3) is 0.385. The molecule has 0 aliphatic carbocycles. The Bertz CT molecular complexity index is 400. The summed E-state index contributed by atoms with van der Waals surface area (Å²) in [6.07, 6.45) is 0. The summed E-state index contributed by atoms with van der Waals surface area (Å²) in [6.45, 7) is 12.0. The normalized spacial score (nSPS) is 11.5. The number of aromatic hydroxyl groups is 1. The van der Waals surface area contributed by atoms with E-state index < -0.39 is 0 Å². The first-order chi connectivity index (χ1) is 6.73. The van der Waals surface area contributed by atoms with Gasteiger partial charge >= 0.3 is 0 Å². The first kappa shape index (κ1) is 11.6. The second-order valence-electron chi connectivity index (χ2n) is 4.99. The second-order valence-corrected chi connectivity index (χ2v) is 4.99. The topological polar surface area (TPSA) is 46.2 Å². The molecule has 0 radical (unpaired) electrons. The molecule has 0 heterocycles. The summed E-state index contributed by atoms with van der Waals surface area (Å²) in [5, 5.41) is 9.77. The van der Waals surface area contributed by atoms with Crippen molar-refractivity contribution in [2.75, 3.05) is 5.73 Å². The summed E-state index contributed by atoms with van der Waals surface area (Å²) in [4.78, 5) is 0. The average molecular weight is 205 g/mol. The van der Waals surface area contributed by atoms with Gasteiger partial charge in [0.25, 0.3) is 0 Å². The van der Waals surface area contributed by atoms with Crippen molar-refractivity contribution in [2.24, 2.45) is 0 Å². The van der Waals surface area contributed by atoms with Gasteiger partial charge in [0, 0.05) is 5.56 Å². The van der Waals surface area contributed by atoms with Crippen LogP contribution in [0, 0.1) is 0 Å². The van der Waals surface area contributed by atoms with E-state index in [2.05, 4.69) is 27.4 Å². The fourth-order valence-electron chi connectivity index (χ4n) is 1.42. The zero-order chi connectivity index (χ0) is 11.8. The molecule has 0 saturated heterocycles. The highest BCUT2D eigenvalue weighted by Gasteiger charge is 2.17. The number of nitrogen functional groups attached to an aromatic ring is 1. The van der Waals surface area contributed by atoms with E-state index in [1.54, 1.807) is 0 Å². The molecule has 15 heavy (non-hydrogen) atoms. The highest BCUT2D eigenvalue weighted by Crippen LogP contribution is 2.35. The Labute approximate surface area is 91.4 Å². The number of nitrogens with two attached hydrogens (primary N) is 1. The van der Waals surface area contributed by atoms with Crippen molar-refractivity contribution in [2.45, 2.75) is 33.1 Å². The molecule has 0 unspecified atom stereocenters.